The van der Waals surface area contributed by atoms with E-state index in [-0.39, 0.29) is 0 Å². The van der Waals surface area contributed by atoms with E-state index >= 15 is 0 Å². The van der Waals surface area contributed by atoms with Crippen LogP contribution in [-0.4, -0.2) is 26.4 Å². The molecule has 1 aromatic heterocycles. The number of rotatable bonds is 2. The molecule has 0 bridgehead atoms. The van der Waals surface area contributed by atoms with E-state index < -0.39 is 0 Å². The van der Waals surface area contributed by atoms with Crippen molar-refractivity contribution in [2.45, 2.75) is 0 Å². The van der Waals surface area contributed by atoms with E-state index in [1.807, 2.05) is 0 Å². The van der Waals surface area contributed by atoms with Crippen molar-refractivity contribution in [1.82, 2.24) is 15.0 Å². The van der Waals surface area contributed by atoms with Crippen LogP contribution in [0.2, 0.25) is 5.02 Å². The Hall–Kier alpha value is -1.88. The molecule has 0 aliphatic carbocycles. The molecule has 0 aliphatic rings. The van der Waals surface area contributed by atoms with Crippen molar-refractivity contribution >= 4 is 17.8 Å². The number of halogens is 1. The molecule has 1 heterocycles. The van der Waals surface area contributed by atoms with Gasteiger partial charge in [0.1, 0.15) is 5.69 Å². The van der Waals surface area contributed by atoms with E-state index in [9.17, 15) is 0 Å². The largest absolute Gasteiger partial charge is 0.411 e. The highest BCUT2D eigenvalue weighted by Gasteiger charge is 2.00. The molecular formula is C9H7ClN4O. The van der Waals surface area contributed by atoms with E-state index in [2.05, 4.69) is 15.4 Å². The second kappa shape index (κ2) is 4.10. The zero-order valence-electron chi connectivity index (χ0n) is 7.58. The van der Waals surface area contributed by atoms with Crippen molar-refractivity contribution in [3.8, 4) is 5.69 Å². The van der Waals surface area contributed by atoms with E-state index in [0.717, 1.165) is 5.69 Å². The molecule has 0 spiro atoms. The lowest BCUT2D eigenvalue weighted by molar-refractivity contribution is 0.321. The SMILES string of the molecule is O/N=C/c1cnn(-c2ccc(Cl)cc2)n1. The summed E-state index contributed by atoms with van der Waals surface area (Å²) in [6.45, 7) is 0. The highest BCUT2D eigenvalue weighted by atomic mass is 35.5. The van der Waals surface area contributed by atoms with Crippen molar-refractivity contribution in [2.24, 2.45) is 5.16 Å². The maximum atomic E-state index is 8.31. The fraction of sp³-hybridized carbons (Fsp3) is 0. The van der Waals surface area contributed by atoms with Crippen LogP contribution in [0.3, 0.4) is 0 Å². The van der Waals surface area contributed by atoms with Gasteiger partial charge in [0, 0.05) is 5.02 Å². The first-order chi connectivity index (χ1) is 7.29. The molecule has 76 valence electrons. The third-order valence-electron chi connectivity index (χ3n) is 1.76. The molecule has 1 N–H and O–H groups in total. The van der Waals surface area contributed by atoms with Crippen LogP contribution in [0, 0.1) is 0 Å². The van der Waals surface area contributed by atoms with Gasteiger partial charge in [0.25, 0.3) is 0 Å². The van der Waals surface area contributed by atoms with Crippen molar-refractivity contribution in [1.29, 1.82) is 0 Å². The molecule has 0 amide bonds. The van der Waals surface area contributed by atoms with Gasteiger partial charge in [-0.05, 0) is 24.3 Å². The van der Waals surface area contributed by atoms with Gasteiger partial charge < -0.3 is 5.21 Å². The summed E-state index contributed by atoms with van der Waals surface area (Å²) < 4.78 is 0. The summed E-state index contributed by atoms with van der Waals surface area (Å²) in [6.07, 6.45) is 2.70. The summed E-state index contributed by atoms with van der Waals surface area (Å²) in [6, 6.07) is 7.09. The fourth-order valence-corrected chi connectivity index (χ4v) is 1.22. The van der Waals surface area contributed by atoms with Crippen LogP contribution in [0.1, 0.15) is 5.69 Å². The Morgan fingerprint density at radius 3 is 2.73 bits per heavy atom. The highest BCUT2D eigenvalue weighted by molar-refractivity contribution is 6.30. The molecule has 6 heteroatoms. The summed E-state index contributed by atoms with van der Waals surface area (Å²) in [7, 11) is 0. The molecule has 0 saturated heterocycles. The summed E-state index contributed by atoms with van der Waals surface area (Å²) in [5.74, 6) is 0. The van der Waals surface area contributed by atoms with Gasteiger partial charge in [0.2, 0.25) is 0 Å². The van der Waals surface area contributed by atoms with Crippen LogP contribution in [0.25, 0.3) is 5.69 Å². The Morgan fingerprint density at radius 2 is 2.07 bits per heavy atom. The summed E-state index contributed by atoms with van der Waals surface area (Å²) in [5, 5.41) is 19.9. The summed E-state index contributed by atoms with van der Waals surface area (Å²) >= 11 is 5.75. The molecular weight excluding hydrogens is 216 g/mol. The number of aromatic nitrogens is 3. The minimum atomic E-state index is 0.479. The Morgan fingerprint density at radius 1 is 1.33 bits per heavy atom. The van der Waals surface area contributed by atoms with E-state index in [4.69, 9.17) is 16.8 Å². The summed E-state index contributed by atoms with van der Waals surface area (Å²) in [5.41, 5.74) is 1.27. The van der Waals surface area contributed by atoms with Crippen LogP contribution in [0.4, 0.5) is 0 Å². The molecule has 0 aliphatic heterocycles. The molecule has 5 nitrogen and oxygen atoms in total. The first kappa shape index (κ1) is 9.67. The lowest BCUT2D eigenvalue weighted by Gasteiger charge is -1.97. The smallest absolute Gasteiger partial charge is 0.127 e. The Kier molecular flexibility index (Phi) is 2.64. The predicted molar refractivity (Wildman–Crippen MR) is 55.7 cm³/mol. The van der Waals surface area contributed by atoms with Crippen LogP contribution in [0.5, 0.6) is 0 Å². The number of hydrogen-bond acceptors (Lipinski definition) is 4. The third kappa shape index (κ3) is 2.13. The van der Waals surface area contributed by atoms with E-state index in [1.165, 1.54) is 17.2 Å². The Balaban J connectivity index is 2.33. The van der Waals surface area contributed by atoms with Gasteiger partial charge in [-0.3, -0.25) is 0 Å². The van der Waals surface area contributed by atoms with Crippen molar-refractivity contribution in [3.63, 3.8) is 0 Å². The Bertz CT molecular complexity index is 477. The van der Waals surface area contributed by atoms with Crippen molar-refractivity contribution < 1.29 is 5.21 Å². The van der Waals surface area contributed by atoms with Crippen molar-refractivity contribution in [2.75, 3.05) is 0 Å². The molecule has 0 radical (unpaired) electrons. The molecule has 0 unspecified atom stereocenters. The maximum Gasteiger partial charge on any atom is 0.127 e. The van der Waals surface area contributed by atoms with Gasteiger partial charge in [0.05, 0.1) is 18.1 Å². The van der Waals surface area contributed by atoms with Crippen molar-refractivity contribution in [3.05, 3.63) is 41.2 Å². The zero-order valence-corrected chi connectivity index (χ0v) is 8.33. The second-order valence-corrected chi connectivity index (χ2v) is 3.22. The molecule has 0 fully saturated rings. The lowest BCUT2D eigenvalue weighted by Crippen LogP contribution is -1.98. The minimum absolute atomic E-state index is 0.479. The minimum Gasteiger partial charge on any atom is -0.411 e. The zero-order chi connectivity index (χ0) is 10.7. The van der Waals surface area contributed by atoms with Crippen LogP contribution >= 0.6 is 11.6 Å². The second-order valence-electron chi connectivity index (χ2n) is 2.78. The van der Waals surface area contributed by atoms with Gasteiger partial charge in [-0.2, -0.15) is 9.90 Å². The normalized spacial score (nSPS) is 11.0. The van der Waals surface area contributed by atoms with Gasteiger partial charge >= 0.3 is 0 Å². The average Bonchev–Trinajstić information content (AvgIpc) is 2.68. The van der Waals surface area contributed by atoms with E-state index in [0.29, 0.717) is 10.7 Å². The topological polar surface area (TPSA) is 63.3 Å². The van der Waals surface area contributed by atoms with E-state index in [1.54, 1.807) is 24.3 Å². The molecule has 15 heavy (non-hydrogen) atoms. The van der Waals surface area contributed by atoms with Crippen LogP contribution in [0.15, 0.2) is 35.6 Å². The number of oxime groups is 1. The van der Waals surface area contributed by atoms with Gasteiger partial charge in [-0.25, -0.2) is 0 Å². The molecule has 1 aromatic carbocycles. The maximum absolute atomic E-state index is 8.31. The molecule has 0 saturated carbocycles. The van der Waals surface area contributed by atoms with Gasteiger partial charge in [-0.15, -0.1) is 5.10 Å². The van der Waals surface area contributed by atoms with Gasteiger partial charge in [0.15, 0.2) is 0 Å². The number of benzene rings is 1. The number of hydrogen-bond donors (Lipinski definition) is 1. The first-order valence-corrected chi connectivity index (χ1v) is 4.53. The van der Waals surface area contributed by atoms with Gasteiger partial charge in [-0.1, -0.05) is 16.8 Å². The monoisotopic (exact) mass is 222 g/mol. The lowest BCUT2D eigenvalue weighted by atomic mass is 10.3. The molecule has 2 rings (SSSR count). The Labute approximate surface area is 90.6 Å². The summed E-state index contributed by atoms with van der Waals surface area (Å²) in [4.78, 5) is 1.42. The average molecular weight is 223 g/mol. The quantitative estimate of drug-likeness (QED) is 0.478. The molecule has 2 aromatic rings. The predicted octanol–water partition coefficient (Wildman–Crippen LogP) is 1.73. The third-order valence-corrected chi connectivity index (χ3v) is 2.01. The number of nitrogens with zero attached hydrogens (tertiary/aromatic N) is 4. The molecule has 0 atom stereocenters. The standard InChI is InChI=1S/C9H7ClN4O/c10-7-1-3-9(4-2-7)14-11-5-8(13-14)6-12-15/h1-6,15H/b12-6+. The highest BCUT2D eigenvalue weighted by Crippen LogP contribution is 2.11. The first-order valence-electron chi connectivity index (χ1n) is 4.15. The fourth-order valence-electron chi connectivity index (χ4n) is 1.09. The van der Waals surface area contributed by atoms with Crippen LogP contribution in [-0.2, 0) is 0 Å². The van der Waals surface area contributed by atoms with Crippen LogP contribution < -0.4 is 0 Å².